The average Bonchev–Trinajstić information content (AvgIpc) is 3.42. The van der Waals surface area contributed by atoms with Crippen LogP contribution in [0.3, 0.4) is 0 Å². The third-order valence-corrected chi connectivity index (χ3v) is 6.44. The molecule has 0 fully saturated rings. The second kappa shape index (κ2) is 11.7. The predicted octanol–water partition coefficient (Wildman–Crippen LogP) is 4.17. The van der Waals surface area contributed by atoms with Crippen molar-refractivity contribution in [3.05, 3.63) is 83.4 Å². The maximum absolute atomic E-state index is 13.6. The summed E-state index contributed by atoms with van der Waals surface area (Å²) in [5.74, 6) is 2.03. The van der Waals surface area contributed by atoms with Gasteiger partial charge in [-0.05, 0) is 54.1 Å². The molecule has 0 spiro atoms. The van der Waals surface area contributed by atoms with Crippen LogP contribution in [0.1, 0.15) is 33.9 Å². The second-order valence-corrected chi connectivity index (χ2v) is 8.73. The van der Waals surface area contributed by atoms with Gasteiger partial charge in [0.15, 0.2) is 0 Å². The summed E-state index contributed by atoms with van der Waals surface area (Å²) in [6.07, 6.45) is 0.469. The first-order valence-electron chi connectivity index (χ1n) is 12.0. The molecule has 1 aliphatic rings. The third-order valence-electron chi connectivity index (χ3n) is 6.44. The van der Waals surface area contributed by atoms with Crippen molar-refractivity contribution < 1.29 is 28.5 Å². The van der Waals surface area contributed by atoms with Gasteiger partial charge in [-0.15, -0.1) is 0 Å². The zero-order valence-corrected chi connectivity index (χ0v) is 22.1. The smallest absolute Gasteiger partial charge is 0.262 e. The van der Waals surface area contributed by atoms with Gasteiger partial charge in [0.1, 0.15) is 29.5 Å². The lowest BCUT2D eigenvalue weighted by molar-refractivity contribution is -0.133. The van der Waals surface area contributed by atoms with Crippen molar-refractivity contribution in [1.82, 2.24) is 9.91 Å². The summed E-state index contributed by atoms with van der Waals surface area (Å²) in [5, 5.41) is 6.18. The Hall–Kier alpha value is -4.53. The molecule has 0 aromatic heterocycles. The Morgan fingerprint density at radius 2 is 1.42 bits per heavy atom. The maximum Gasteiger partial charge on any atom is 0.262 e. The number of carbonyl (C=O) groups is 2. The van der Waals surface area contributed by atoms with E-state index in [4.69, 9.17) is 24.0 Å². The monoisotopic (exact) mass is 517 g/mol. The number of nitrogens with zero attached hydrogens (tertiary/aromatic N) is 3. The van der Waals surface area contributed by atoms with Gasteiger partial charge in [0.05, 0.1) is 40.2 Å². The highest BCUT2D eigenvalue weighted by molar-refractivity contribution is 6.05. The number of ether oxygens (including phenoxy) is 4. The molecule has 0 aliphatic carbocycles. The van der Waals surface area contributed by atoms with Crippen molar-refractivity contribution in [3.8, 4) is 23.0 Å². The SMILES string of the molecule is COc1ccc(C(=O)N(C)CC(=O)N2N=C(c3ccc(OC)cc3OC)CC2c2ccc(OC)cc2)cc1. The number of hydrogen-bond donors (Lipinski definition) is 0. The van der Waals surface area contributed by atoms with Crippen LogP contribution in [0.15, 0.2) is 71.8 Å². The zero-order valence-electron chi connectivity index (χ0n) is 22.1. The summed E-state index contributed by atoms with van der Waals surface area (Å²) in [4.78, 5) is 27.9. The molecule has 9 heteroatoms. The first-order chi connectivity index (χ1) is 18.4. The fraction of sp³-hybridized carbons (Fsp3) is 0.276. The lowest BCUT2D eigenvalue weighted by atomic mass is 9.97. The lowest BCUT2D eigenvalue weighted by Crippen LogP contribution is -2.39. The fourth-order valence-electron chi connectivity index (χ4n) is 4.33. The van der Waals surface area contributed by atoms with Crippen molar-refractivity contribution >= 4 is 17.5 Å². The fourth-order valence-corrected chi connectivity index (χ4v) is 4.33. The van der Waals surface area contributed by atoms with Gasteiger partial charge in [-0.1, -0.05) is 12.1 Å². The lowest BCUT2D eigenvalue weighted by Gasteiger charge is -2.25. The topological polar surface area (TPSA) is 89.9 Å². The summed E-state index contributed by atoms with van der Waals surface area (Å²) in [6, 6.07) is 19.4. The summed E-state index contributed by atoms with van der Waals surface area (Å²) in [5.41, 5.74) is 2.82. The summed E-state index contributed by atoms with van der Waals surface area (Å²) >= 11 is 0. The molecule has 198 valence electrons. The van der Waals surface area contributed by atoms with Gasteiger partial charge in [-0.2, -0.15) is 5.10 Å². The Labute approximate surface area is 222 Å². The van der Waals surface area contributed by atoms with Crippen LogP contribution in [-0.4, -0.2) is 69.5 Å². The molecular weight excluding hydrogens is 486 g/mol. The van der Waals surface area contributed by atoms with Crippen LogP contribution in [-0.2, 0) is 4.79 Å². The number of rotatable bonds is 9. The van der Waals surface area contributed by atoms with Crippen molar-refractivity contribution in [3.63, 3.8) is 0 Å². The number of hydrazone groups is 1. The number of methoxy groups -OCH3 is 4. The molecule has 9 nitrogen and oxygen atoms in total. The van der Waals surface area contributed by atoms with E-state index in [1.54, 1.807) is 65.8 Å². The van der Waals surface area contributed by atoms with Crippen LogP contribution >= 0.6 is 0 Å². The second-order valence-electron chi connectivity index (χ2n) is 8.73. The highest BCUT2D eigenvalue weighted by Gasteiger charge is 2.35. The van der Waals surface area contributed by atoms with E-state index in [0.717, 1.165) is 11.1 Å². The van der Waals surface area contributed by atoms with E-state index in [9.17, 15) is 9.59 Å². The van der Waals surface area contributed by atoms with Crippen LogP contribution in [0, 0.1) is 0 Å². The van der Waals surface area contributed by atoms with Gasteiger partial charge in [-0.3, -0.25) is 9.59 Å². The van der Waals surface area contributed by atoms with E-state index in [0.29, 0.717) is 40.7 Å². The molecule has 0 bridgehead atoms. The molecule has 38 heavy (non-hydrogen) atoms. The Balaban J connectivity index is 1.62. The number of benzene rings is 3. The highest BCUT2D eigenvalue weighted by Crippen LogP contribution is 2.36. The Bertz CT molecular complexity index is 1320. The average molecular weight is 518 g/mol. The number of likely N-dealkylation sites (N-methyl/N-ethyl adjacent to an activating group) is 1. The molecule has 1 aliphatic heterocycles. The van der Waals surface area contributed by atoms with E-state index in [2.05, 4.69) is 0 Å². The van der Waals surface area contributed by atoms with Crippen molar-refractivity contribution in [2.24, 2.45) is 5.10 Å². The summed E-state index contributed by atoms with van der Waals surface area (Å²) < 4.78 is 21.4. The minimum Gasteiger partial charge on any atom is -0.497 e. The van der Waals surface area contributed by atoms with Crippen LogP contribution in [0.5, 0.6) is 23.0 Å². The quantitative estimate of drug-likeness (QED) is 0.423. The van der Waals surface area contributed by atoms with E-state index < -0.39 is 0 Å². The normalized spacial score (nSPS) is 14.5. The van der Waals surface area contributed by atoms with Gasteiger partial charge >= 0.3 is 0 Å². The van der Waals surface area contributed by atoms with E-state index in [-0.39, 0.29) is 24.4 Å². The number of carbonyl (C=O) groups excluding carboxylic acids is 2. The molecule has 0 N–H and O–H groups in total. The van der Waals surface area contributed by atoms with Gasteiger partial charge < -0.3 is 23.8 Å². The standard InChI is InChI=1S/C29H31N3O6/c1-31(29(34)20-8-12-22(36-3)13-9-20)18-28(33)32-26(19-6-10-21(35-2)11-7-19)17-25(30-32)24-15-14-23(37-4)16-27(24)38-5/h6-16,26H,17-18H2,1-5H3. The molecule has 0 radical (unpaired) electrons. The Morgan fingerprint density at radius 3 is 2.00 bits per heavy atom. The largest absolute Gasteiger partial charge is 0.497 e. The molecular formula is C29H31N3O6. The van der Waals surface area contributed by atoms with Crippen LogP contribution in [0.4, 0.5) is 0 Å². The highest BCUT2D eigenvalue weighted by atomic mass is 16.5. The zero-order chi connectivity index (χ0) is 27.2. The molecule has 4 rings (SSSR count). The minimum absolute atomic E-state index is 0.145. The third kappa shape index (κ3) is 5.56. The van der Waals surface area contributed by atoms with Crippen LogP contribution in [0.2, 0.25) is 0 Å². The van der Waals surface area contributed by atoms with Crippen LogP contribution in [0.25, 0.3) is 0 Å². The van der Waals surface area contributed by atoms with E-state index in [1.165, 1.54) is 9.91 Å². The van der Waals surface area contributed by atoms with E-state index in [1.807, 2.05) is 36.4 Å². The number of amides is 2. The van der Waals surface area contributed by atoms with Gasteiger partial charge in [0.25, 0.3) is 11.8 Å². The van der Waals surface area contributed by atoms with Crippen molar-refractivity contribution in [2.45, 2.75) is 12.5 Å². The summed E-state index contributed by atoms with van der Waals surface area (Å²) in [7, 11) is 7.93. The molecule has 1 heterocycles. The molecule has 3 aromatic carbocycles. The van der Waals surface area contributed by atoms with Crippen LogP contribution < -0.4 is 18.9 Å². The number of hydrogen-bond acceptors (Lipinski definition) is 7. The first-order valence-corrected chi connectivity index (χ1v) is 12.0. The van der Waals surface area contributed by atoms with Gasteiger partial charge in [0, 0.05) is 30.7 Å². The molecule has 1 atom stereocenters. The van der Waals surface area contributed by atoms with Gasteiger partial charge in [-0.25, -0.2) is 5.01 Å². The molecule has 2 amide bonds. The molecule has 0 saturated heterocycles. The molecule has 3 aromatic rings. The van der Waals surface area contributed by atoms with Gasteiger partial charge in [0.2, 0.25) is 0 Å². The molecule has 0 saturated carbocycles. The van der Waals surface area contributed by atoms with Crippen molar-refractivity contribution in [1.29, 1.82) is 0 Å². The summed E-state index contributed by atoms with van der Waals surface area (Å²) in [6.45, 7) is -0.145. The molecule has 1 unspecified atom stereocenters. The first kappa shape index (κ1) is 26.5. The minimum atomic E-state index is -0.361. The van der Waals surface area contributed by atoms with Crippen molar-refractivity contribution in [2.75, 3.05) is 42.0 Å². The Morgan fingerprint density at radius 1 is 0.842 bits per heavy atom. The Kier molecular flexibility index (Phi) is 8.15. The predicted molar refractivity (Wildman–Crippen MR) is 143 cm³/mol. The van der Waals surface area contributed by atoms with E-state index >= 15 is 0 Å². The maximum atomic E-state index is 13.6.